The molecule has 1 aliphatic heterocycles. The van der Waals surface area contributed by atoms with E-state index in [1.807, 2.05) is 11.3 Å². The number of hydrogen-bond donors (Lipinski definition) is 1. The first-order chi connectivity index (χ1) is 5.86. The van der Waals surface area contributed by atoms with Crippen LogP contribution in [0.3, 0.4) is 0 Å². The van der Waals surface area contributed by atoms with Gasteiger partial charge in [-0.3, -0.25) is 0 Å². The van der Waals surface area contributed by atoms with E-state index in [0.29, 0.717) is 5.92 Å². The SMILES string of the molecule is C[C@H]1C=C(c2cccs2)CNC1. The highest BCUT2D eigenvalue weighted by atomic mass is 32.1. The molecular formula is C10H13NS. The van der Waals surface area contributed by atoms with Gasteiger partial charge >= 0.3 is 0 Å². The molecule has 12 heavy (non-hydrogen) atoms. The number of nitrogens with one attached hydrogen (secondary N) is 1. The van der Waals surface area contributed by atoms with Crippen molar-refractivity contribution in [3.8, 4) is 0 Å². The summed E-state index contributed by atoms with van der Waals surface area (Å²) in [6, 6.07) is 4.30. The molecular weight excluding hydrogens is 166 g/mol. The highest BCUT2D eigenvalue weighted by molar-refractivity contribution is 7.11. The molecule has 1 N–H and O–H groups in total. The lowest BCUT2D eigenvalue weighted by Gasteiger charge is -2.18. The van der Waals surface area contributed by atoms with Crippen LogP contribution >= 0.6 is 11.3 Å². The molecule has 1 aromatic rings. The molecule has 64 valence electrons. The van der Waals surface area contributed by atoms with Crippen molar-refractivity contribution in [2.45, 2.75) is 6.92 Å². The van der Waals surface area contributed by atoms with Gasteiger partial charge in [0.2, 0.25) is 0 Å². The Balaban J connectivity index is 2.23. The minimum atomic E-state index is 0.677. The van der Waals surface area contributed by atoms with Crippen LogP contribution in [0.2, 0.25) is 0 Å². The largest absolute Gasteiger partial charge is 0.312 e. The van der Waals surface area contributed by atoms with E-state index >= 15 is 0 Å². The summed E-state index contributed by atoms with van der Waals surface area (Å²) in [5.74, 6) is 0.677. The Labute approximate surface area is 77.1 Å². The Morgan fingerprint density at radius 2 is 2.50 bits per heavy atom. The topological polar surface area (TPSA) is 12.0 Å². The molecule has 0 aromatic carbocycles. The monoisotopic (exact) mass is 179 g/mol. The first-order valence-corrected chi connectivity index (χ1v) is 5.19. The summed E-state index contributed by atoms with van der Waals surface area (Å²) in [6.07, 6.45) is 2.38. The Hall–Kier alpha value is -0.600. The van der Waals surface area contributed by atoms with Gasteiger partial charge < -0.3 is 5.32 Å². The van der Waals surface area contributed by atoms with Crippen molar-refractivity contribution in [3.05, 3.63) is 28.5 Å². The van der Waals surface area contributed by atoms with Crippen LogP contribution in [0.5, 0.6) is 0 Å². The van der Waals surface area contributed by atoms with Crippen molar-refractivity contribution >= 4 is 16.9 Å². The molecule has 2 heteroatoms. The predicted molar refractivity (Wildman–Crippen MR) is 54.3 cm³/mol. The minimum absolute atomic E-state index is 0.677. The molecule has 2 rings (SSSR count). The summed E-state index contributed by atoms with van der Waals surface area (Å²) >= 11 is 1.82. The molecule has 1 atom stereocenters. The second kappa shape index (κ2) is 3.42. The third-order valence-electron chi connectivity index (χ3n) is 2.11. The molecule has 1 aromatic heterocycles. The van der Waals surface area contributed by atoms with E-state index in [4.69, 9.17) is 0 Å². The molecule has 0 aliphatic carbocycles. The quantitative estimate of drug-likeness (QED) is 0.698. The molecule has 1 aliphatic rings. The first kappa shape index (κ1) is 8.02. The Kier molecular flexibility index (Phi) is 2.28. The summed E-state index contributed by atoms with van der Waals surface area (Å²) in [7, 11) is 0. The van der Waals surface area contributed by atoms with Crippen LogP contribution in [0.15, 0.2) is 23.6 Å². The van der Waals surface area contributed by atoms with Crippen molar-refractivity contribution in [2.75, 3.05) is 13.1 Å². The van der Waals surface area contributed by atoms with Crippen LogP contribution in [-0.2, 0) is 0 Å². The van der Waals surface area contributed by atoms with Gasteiger partial charge in [0.15, 0.2) is 0 Å². The molecule has 0 saturated heterocycles. The Morgan fingerprint density at radius 3 is 3.17 bits per heavy atom. The van der Waals surface area contributed by atoms with Gasteiger partial charge in [-0.25, -0.2) is 0 Å². The van der Waals surface area contributed by atoms with E-state index in [-0.39, 0.29) is 0 Å². The van der Waals surface area contributed by atoms with Gasteiger partial charge in [0, 0.05) is 18.0 Å². The van der Waals surface area contributed by atoms with Gasteiger partial charge in [-0.2, -0.15) is 0 Å². The van der Waals surface area contributed by atoms with Crippen LogP contribution in [0, 0.1) is 5.92 Å². The Bertz CT molecular complexity index is 274. The van der Waals surface area contributed by atoms with E-state index in [0.717, 1.165) is 13.1 Å². The van der Waals surface area contributed by atoms with Gasteiger partial charge in [0.05, 0.1) is 0 Å². The molecule has 0 amide bonds. The summed E-state index contributed by atoms with van der Waals surface area (Å²) in [4.78, 5) is 1.41. The number of rotatable bonds is 1. The summed E-state index contributed by atoms with van der Waals surface area (Å²) in [5, 5.41) is 5.55. The van der Waals surface area contributed by atoms with Crippen molar-refractivity contribution in [1.82, 2.24) is 5.32 Å². The normalized spacial score (nSPS) is 23.8. The first-order valence-electron chi connectivity index (χ1n) is 4.31. The average molecular weight is 179 g/mol. The van der Waals surface area contributed by atoms with Gasteiger partial charge in [-0.1, -0.05) is 19.1 Å². The van der Waals surface area contributed by atoms with Crippen LogP contribution in [0.1, 0.15) is 11.8 Å². The zero-order chi connectivity index (χ0) is 8.39. The zero-order valence-electron chi connectivity index (χ0n) is 7.21. The van der Waals surface area contributed by atoms with Crippen LogP contribution in [0.4, 0.5) is 0 Å². The molecule has 2 heterocycles. The van der Waals surface area contributed by atoms with Gasteiger partial charge in [0.1, 0.15) is 0 Å². The van der Waals surface area contributed by atoms with Gasteiger partial charge in [-0.15, -0.1) is 11.3 Å². The smallest absolute Gasteiger partial charge is 0.0312 e. The number of thiophene rings is 1. The molecule has 0 radical (unpaired) electrons. The maximum absolute atomic E-state index is 3.41. The van der Waals surface area contributed by atoms with Crippen molar-refractivity contribution in [2.24, 2.45) is 5.92 Å². The lowest BCUT2D eigenvalue weighted by molar-refractivity contribution is 0.607. The fourth-order valence-electron chi connectivity index (χ4n) is 1.53. The van der Waals surface area contributed by atoms with E-state index < -0.39 is 0 Å². The fraction of sp³-hybridized carbons (Fsp3) is 0.400. The lowest BCUT2D eigenvalue weighted by Crippen LogP contribution is -2.26. The summed E-state index contributed by atoms with van der Waals surface area (Å²) in [5.41, 5.74) is 1.46. The third-order valence-corrected chi connectivity index (χ3v) is 3.05. The van der Waals surface area contributed by atoms with Gasteiger partial charge in [0.25, 0.3) is 0 Å². The maximum Gasteiger partial charge on any atom is 0.0312 e. The van der Waals surface area contributed by atoms with Crippen LogP contribution < -0.4 is 5.32 Å². The van der Waals surface area contributed by atoms with E-state index in [9.17, 15) is 0 Å². The van der Waals surface area contributed by atoms with Crippen molar-refractivity contribution < 1.29 is 0 Å². The highest BCUT2D eigenvalue weighted by Crippen LogP contribution is 2.22. The van der Waals surface area contributed by atoms with Crippen LogP contribution in [-0.4, -0.2) is 13.1 Å². The zero-order valence-corrected chi connectivity index (χ0v) is 8.03. The Morgan fingerprint density at radius 1 is 1.58 bits per heavy atom. The predicted octanol–water partition coefficient (Wildman–Crippen LogP) is 2.37. The van der Waals surface area contributed by atoms with E-state index in [1.54, 1.807) is 0 Å². The molecule has 0 bridgehead atoms. The second-order valence-corrected chi connectivity index (χ2v) is 4.23. The minimum Gasteiger partial charge on any atom is -0.312 e. The van der Waals surface area contributed by atoms with Crippen LogP contribution in [0.25, 0.3) is 5.57 Å². The highest BCUT2D eigenvalue weighted by Gasteiger charge is 2.10. The van der Waals surface area contributed by atoms with Crippen molar-refractivity contribution in [1.29, 1.82) is 0 Å². The number of hydrogen-bond acceptors (Lipinski definition) is 2. The average Bonchev–Trinajstić information content (AvgIpc) is 2.56. The fourth-order valence-corrected chi connectivity index (χ4v) is 2.28. The molecule has 1 nitrogen and oxygen atoms in total. The van der Waals surface area contributed by atoms with E-state index in [1.165, 1.54) is 10.5 Å². The second-order valence-electron chi connectivity index (χ2n) is 3.28. The van der Waals surface area contributed by atoms with Gasteiger partial charge in [-0.05, 0) is 22.9 Å². The van der Waals surface area contributed by atoms with E-state index in [2.05, 4.69) is 35.8 Å². The molecule has 0 unspecified atom stereocenters. The lowest BCUT2D eigenvalue weighted by atomic mass is 10.0. The standard InChI is InChI=1S/C10H13NS/c1-8-5-9(7-11-6-8)10-3-2-4-12-10/h2-5,8,11H,6-7H2,1H3/t8-/m0/s1. The molecule has 0 fully saturated rings. The summed E-state index contributed by atoms with van der Waals surface area (Å²) < 4.78 is 0. The van der Waals surface area contributed by atoms with Crippen molar-refractivity contribution in [3.63, 3.8) is 0 Å². The molecule has 0 saturated carbocycles. The maximum atomic E-state index is 3.41. The molecule has 0 spiro atoms. The summed E-state index contributed by atoms with van der Waals surface area (Å²) in [6.45, 7) is 4.40. The third kappa shape index (κ3) is 1.59.